The molecule has 0 atom stereocenters. The zero-order chi connectivity index (χ0) is 29.2. The molecule has 3 aromatic carbocycles. The van der Waals surface area contributed by atoms with Crippen molar-refractivity contribution in [3.8, 4) is 11.1 Å². The third-order valence-electron chi connectivity index (χ3n) is 6.32. The molecule has 1 heterocycles. The summed E-state index contributed by atoms with van der Waals surface area (Å²) in [7, 11) is 0. The molecule has 0 saturated carbocycles. The zero-order valence-corrected chi connectivity index (χ0v) is 21.9. The van der Waals surface area contributed by atoms with Crippen molar-refractivity contribution in [2.24, 2.45) is 0 Å². The lowest BCUT2D eigenvalue weighted by molar-refractivity contribution is -0.137. The smallest absolute Gasteiger partial charge is 0.418 e. The normalized spacial score (nSPS) is 11.8. The van der Waals surface area contributed by atoms with E-state index in [9.17, 15) is 27.2 Å². The highest BCUT2D eigenvalue weighted by Gasteiger charge is 2.34. The van der Waals surface area contributed by atoms with E-state index in [1.165, 1.54) is 6.07 Å². The van der Waals surface area contributed by atoms with Crippen molar-refractivity contribution >= 4 is 34.2 Å². The first-order chi connectivity index (χ1) is 18.8. The molecular formula is C29H24ClF4NO5. The van der Waals surface area contributed by atoms with Crippen LogP contribution in [0.3, 0.4) is 0 Å². The third-order valence-corrected chi connectivity index (χ3v) is 6.73. The van der Waals surface area contributed by atoms with Gasteiger partial charge in [0.15, 0.2) is 6.29 Å². The Bertz CT molecular complexity index is 1630. The molecule has 40 heavy (non-hydrogen) atoms. The number of fused-ring (bicyclic) bond motifs is 1. The summed E-state index contributed by atoms with van der Waals surface area (Å²) in [5.74, 6) is -2.06. The summed E-state index contributed by atoms with van der Waals surface area (Å²) in [5.41, 5.74) is -0.449. The summed E-state index contributed by atoms with van der Waals surface area (Å²) in [4.78, 5) is 26.1. The Labute approximate surface area is 230 Å². The number of aliphatic hydroxyl groups excluding tert-OH is 1. The molecule has 0 aliphatic rings. The Hall–Kier alpha value is -3.73. The van der Waals surface area contributed by atoms with E-state index in [0.717, 1.165) is 17.7 Å². The average molecular weight is 578 g/mol. The number of halogens is 5. The molecule has 0 spiro atoms. The summed E-state index contributed by atoms with van der Waals surface area (Å²) in [6.45, 7) is 1.74. The van der Waals surface area contributed by atoms with Gasteiger partial charge in [-0.1, -0.05) is 35.9 Å². The van der Waals surface area contributed by atoms with Gasteiger partial charge in [-0.15, -0.1) is 0 Å². The molecule has 0 bridgehead atoms. The van der Waals surface area contributed by atoms with Gasteiger partial charge in [-0.2, -0.15) is 13.2 Å². The molecule has 6 nitrogen and oxygen atoms in total. The molecule has 0 aliphatic heterocycles. The van der Waals surface area contributed by atoms with Crippen molar-refractivity contribution in [1.29, 1.82) is 0 Å². The highest BCUT2D eigenvalue weighted by Crippen LogP contribution is 2.37. The van der Waals surface area contributed by atoms with Crippen molar-refractivity contribution < 1.29 is 37.0 Å². The van der Waals surface area contributed by atoms with Crippen LogP contribution in [0.4, 0.5) is 23.2 Å². The van der Waals surface area contributed by atoms with Gasteiger partial charge in [0.25, 0.3) is 0 Å². The van der Waals surface area contributed by atoms with Crippen molar-refractivity contribution in [2.75, 3.05) is 5.32 Å². The highest BCUT2D eigenvalue weighted by molar-refractivity contribution is 6.32. The second-order valence-corrected chi connectivity index (χ2v) is 9.73. The first-order valence-corrected chi connectivity index (χ1v) is 12.6. The summed E-state index contributed by atoms with van der Waals surface area (Å²) < 4.78 is 59.3. The van der Waals surface area contributed by atoms with Crippen LogP contribution in [0, 0.1) is 12.7 Å². The van der Waals surface area contributed by atoms with Crippen LogP contribution in [0.2, 0.25) is 5.02 Å². The molecule has 1 amide bonds. The van der Waals surface area contributed by atoms with E-state index in [1.54, 1.807) is 31.2 Å². The topological polar surface area (TPSA) is 99.8 Å². The Morgan fingerprint density at radius 2 is 1.85 bits per heavy atom. The Balaban J connectivity index is 1.79. The second kappa shape index (κ2) is 11.8. The quantitative estimate of drug-likeness (QED) is 0.128. The predicted octanol–water partition coefficient (Wildman–Crippen LogP) is 6.39. The Kier molecular flexibility index (Phi) is 8.62. The van der Waals surface area contributed by atoms with Gasteiger partial charge in [-0.05, 0) is 67.1 Å². The average Bonchev–Trinajstić information content (AvgIpc) is 2.86. The molecule has 210 valence electrons. The standard InChI is InChI=1S/C29H24ClF4NO5/c1-15-10-19-24(14-22(15)30)40-28(39)20(27(19)17-6-2-4-16(11-17)5-3-7-26(37)38)13-25(36)35-23-9-8-18(31)12-21(23)29(32,33)34/h2,4,6,8-12,14,26,37-38H,3,5,7,13H2,1H3,(H,35,36). The predicted molar refractivity (Wildman–Crippen MR) is 143 cm³/mol. The Morgan fingerprint density at radius 1 is 1.10 bits per heavy atom. The SMILES string of the molecule is Cc1cc2c(-c3cccc(CCCC(O)O)c3)c(CC(=O)Nc3ccc(F)cc3C(F)(F)F)c(=O)oc2cc1Cl. The van der Waals surface area contributed by atoms with Crippen LogP contribution in [0.25, 0.3) is 22.1 Å². The molecule has 4 rings (SSSR count). The van der Waals surface area contributed by atoms with Gasteiger partial charge in [0.2, 0.25) is 5.91 Å². The largest absolute Gasteiger partial charge is 0.422 e. The fourth-order valence-electron chi connectivity index (χ4n) is 4.45. The van der Waals surface area contributed by atoms with Crippen molar-refractivity contribution in [3.63, 3.8) is 0 Å². The number of hydrogen-bond donors (Lipinski definition) is 3. The van der Waals surface area contributed by atoms with Crippen molar-refractivity contribution in [1.82, 2.24) is 0 Å². The molecule has 0 aliphatic carbocycles. The summed E-state index contributed by atoms with van der Waals surface area (Å²) in [5, 5.41) is 21.2. The maximum absolute atomic E-state index is 13.5. The molecule has 11 heteroatoms. The highest BCUT2D eigenvalue weighted by atomic mass is 35.5. The van der Waals surface area contributed by atoms with Crippen LogP contribution in [0.1, 0.15) is 35.1 Å². The number of amides is 1. The summed E-state index contributed by atoms with van der Waals surface area (Å²) in [6.07, 6.45) is -5.87. The molecule has 0 radical (unpaired) electrons. The fourth-order valence-corrected chi connectivity index (χ4v) is 4.60. The van der Waals surface area contributed by atoms with Crippen LogP contribution in [0.5, 0.6) is 0 Å². The van der Waals surface area contributed by atoms with Crippen LogP contribution >= 0.6 is 11.6 Å². The number of rotatable bonds is 8. The number of alkyl halides is 3. The minimum absolute atomic E-state index is 0.0923. The van der Waals surface area contributed by atoms with Gasteiger partial charge in [-0.25, -0.2) is 9.18 Å². The van der Waals surface area contributed by atoms with Crippen LogP contribution < -0.4 is 10.9 Å². The molecular weight excluding hydrogens is 554 g/mol. The molecule has 0 saturated heterocycles. The van der Waals surface area contributed by atoms with Crippen molar-refractivity contribution in [2.45, 2.75) is 45.1 Å². The van der Waals surface area contributed by atoms with Crippen LogP contribution in [-0.2, 0) is 23.8 Å². The maximum atomic E-state index is 13.5. The van der Waals surface area contributed by atoms with E-state index in [1.807, 2.05) is 6.07 Å². The van der Waals surface area contributed by atoms with Crippen LogP contribution in [-0.4, -0.2) is 22.4 Å². The summed E-state index contributed by atoms with van der Waals surface area (Å²) >= 11 is 6.24. The minimum Gasteiger partial charge on any atom is -0.422 e. The second-order valence-electron chi connectivity index (χ2n) is 9.33. The van der Waals surface area contributed by atoms with Gasteiger partial charge in [-0.3, -0.25) is 4.79 Å². The molecule has 3 N–H and O–H groups in total. The number of carbonyl (C=O) groups excluding carboxylic acids is 1. The third kappa shape index (κ3) is 6.70. The molecule has 1 aromatic heterocycles. The molecule has 4 aromatic rings. The molecule has 0 unspecified atom stereocenters. The van der Waals surface area contributed by atoms with Gasteiger partial charge in [0.1, 0.15) is 11.4 Å². The minimum atomic E-state index is -4.93. The van der Waals surface area contributed by atoms with Crippen molar-refractivity contribution in [3.05, 3.63) is 98.1 Å². The summed E-state index contributed by atoms with van der Waals surface area (Å²) in [6, 6.07) is 12.1. The van der Waals surface area contributed by atoms with E-state index in [2.05, 4.69) is 5.32 Å². The first-order valence-electron chi connectivity index (χ1n) is 12.2. The van der Waals surface area contributed by atoms with E-state index in [4.69, 9.17) is 26.2 Å². The lowest BCUT2D eigenvalue weighted by Gasteiger charge is -2.16. The number of anilines is 1. The Morgan fingerprint density at radius 3 is 2.55 bits per heavy atom. The zero-order valence-electron chi connectivity index (χ0n) is 21.1. The number of nitrogens with one attached hydrogen (secondary N) is 1. The number of aliphatic hydroxyl groups is 2. The number of benzene rings is 3. The monoisotopic (exact) mass is 577 g/mol. The number of aryl methyl sites for hydroxylation is 2. The van der Waals surface area contributed by atoms with E-state index in [0.29, 0.717) is 39.9 Å². The van der Waals surface area contributed by atoms with Crippen LogP contribution in [0.15, 0.2) is 63.8 Å². The molecule has 0 fully saturated rings. The number of hydrogen-bond acceptors (Lipinski definition) is 5. The maximum Gasteiger partial charge on any atom is 0.418 e. The lowest BCUT2D eigenvalue weighted by Crippen LogP contribution is -2.22. The number of carbonyl (C=O) groups is 1. The van der Waals surface area contributed by atoms with E-state index in [-0.39, 0.29) is 23.6 Å². The first kappa shape index (κ1) is 29.3. The van der Waals surface area contributed by atoms with E-state index < -0.39 is 47.5 Å². The van der Waals surface area contributed by atoms with Gasteiger partial charge < -0.3 is 19.9 Å². The van der Waals surface area contributed by atoms with Gasteiger partial charge in [0, 0.05) is 22.0 Å². The van der Waals surface area contributed by atoms with Gasteiger partial charge >= 0.3 is 11.8 Å². The lowest BCUT2D eigenvalue weighted by atomic mass is 9.92. The fraction of sp³-hybridized carbons (Fsp3) is 0.241. The van der Waals surface area contributed by atoms with Gasteiger partial charge in [0.05, 0.1) is 23.2 Å². The van der Waals surface area contributed by atoms with E-state index >= 15 is 0 Å².